The van der Waals surface area contributed by atoms with Gasteiger partial charge in [0.1, 0.15) is 10.8 Å². The molecule has 26 heavy (non-hydrogen) atoms. The highest BCUT2D eigenvalue weighted by atomic mass is 32.1. The lowest BCUT2D eigenvalue weighted by Crippen LogP contribution is -2.21. The second-order valence-electron chi connectivity index (χ2n) is 5.68. The molecular weight excluding hydrogens is 361 g/mol. The molecule has 1 aromatic carbocycles. The molecule has 0 bridgehead atoms. The van der Waals surface area contributed by atoms with Gasteiger partial charge in [0, 0.05) is 4.88 Å². The first-order chi connectivity index (χ1) is 12.5. The Morgan fingerprint density at radius 1 is 1.15 bits per heavy atom. The average Bonchev–Trinajstić information content (AvgIpc) is 3.20. The maximum absolute atomic E-state index is 12.9. The SMILES string of the molecule is COC(=O)c1c(NC(=O)COC(=O)c2ccc(F)cc2)sc2c1CCC2. The molecule has 6 nitrogen and oxygen atoms in total. The number of aryl methyl sites for hydroxylation is 1. The zero-order valence-corrected chi connectivity index (χ0v) is 14.8. The summed E-state index contributed by atoms with van der Waals surface area (Å²) in [5.41, 5.74) is 1.44. The van der Waals surface area contributed by atoms with Crippen LogP contribution in [0, 0.1) is 5.82 Å². The van der Waals surface area contributed by atoms with Crippen molar-refractivity contribution in [3.8, 4) is 0 Å². The molecule has 0 atom stereocenters. The number of halogens is 1. The largest absolute Gasteiger partial charge is 0.465 e. The van der Waals surface area contributed by atoms with Gasteiger partial charge in [0.25, 0.3) is 5.91 Å². The van der Waals surface area contributed by atoms with Crippen LogP contribution in [0.25, 0.3) is 0 Å². The normalized spacial score (nSPS) is 12.4. The van der Waals surface area contributed by atoms with E-state index in [-0.39, 0.29) is 5.56 Å². The fraction of sp³-hybridized carbons (Fsp3) is 0.278. The van der Waals surface area contributed by atoms with Gasteiger partial charge in [0.2, 0.25) is 0 Å². The number of carbonyl (C=O) groups excluding carboxylic acids is 3. The Bertz CT molecular complexity index is 859. The number of fused-ring (bicyclic) bond motifs is 1. The van der Waals surface area contributed by atoms with Crippen LogP contribution >= 0.6 is 11.3 Å². The molecule has 0 aliphatic heterocycles. The molecule has 1 aliphatic rings. The molecule has 0 fully saturated rings. The van der Waals surface area contributed by atoms with Crippen LogP contribution in [0.1, 0.15) is 37.6 Å². The molecule has 1 amide bonds. The van der Waals surface area contributed by atoms with Gasteiger partial charge in [-0.15, -0.1) is 11.3 Å². The Kier molecular flexibility index (Phi) is 5.32. The van der Waals surface area contributed by atoms with E-state index in [1.165, 1.54) is 30.6 Å². The Morgan fingerprint density at radius 3 is 2.58 bits per heavy atom. The molecule has 8 heteroatoms. The maximum atomic E-state index is 12.9. The summed E-state index contributed by atoms with van der Waals surface area (Å²) >= 11 is 1.34. The summed E-state index contributed by atoms with van der Waals surface area (Å²) in [6.45, 7) is -0.514. The molecule has 0 saturated heterocycles. The summed E-state index contributed by atoms with van der Waals surface area (Å²) < 4.78 is 22.6. The van der Waals surface area contributed by atoms with E-state index in [1.54, 1.807) is 0 Å². The van der Waals surface area contributed by atoms with Gasteiger partial charge >= 0.3 is 11.9 Å². The average molecular weight is 377 g/mol. The minimum absolute atomic E-state index is 0.143. The summed E-state index contributed by atoms with van der Waals surface area (Å²) in [5.74, 6) is -2.27. The van der Waals surface area contributed by atoms with Gasteiger partial charge in [-0.1, -0.05) is 0 Å². The molecule has 3 rings (SSSR count). The molecule has 136 valence electrons. The summed E-state index contributed by atoms with van der Waals surface area (Å²) in [6, 6.07) is 4.81. The van der Waals surface area contributed by atoms with Crippen LogP contribution in [0.15, 0.2) is 24.3 Å². The predicted molar refractivity (Wildman–Crippen MR) is 93.0 cm³/mol. The topological polar surface area (TPSA) is 81.7 Å². The third kappa shape index (κ3) is 3.75. The quantitative estimate of drug-likeness (QED) is 0.810. The zero-order chi connectivity index (χ0) is 18.7. The second kappa shape index (κ2) is 7.65. The van der Waals surface area contributed by atoms with Crippen molar-refractivity contribution in [2.24, 2.45) is 0 Å². The number of benzene rings is 1. The number of rotatable bonds is 5. The predicted octanol–water partition coefficient (Wildman–Crippen LogP) is 2.96. The lowest BCUT2D eigenvalue weighted by molar-refractivity contribution is -0.119. The van der Waals surface area contributed by atoms with E-state index in [0.29, 0.717) is 10.6 Å². The van der Waals surface area contributed by atoms with Gasteiger partial charge in [-0.2, -0.15) is 0 Å². The van der Waals surface area contributed by atoms with Gasteiger partial charge in [0.05, 0.1) is 18.2 Å². The molecule has 1 aliphatic carbocycles. The second-order valence-corrected chi connectivity index (χ2v) is 6.79. The van der Waals surface area contributed by atoms with Gasteiger partial charge in [-0.05, 0) is 49.1 Å². The van der Waals surface area contributed by atoms with Gasteiger partial charge in [-0.25, -0.2) is 14.0 Å². The number of esters is 2. The number of thiophene rings is 1. The van der Waals surface area contributed by atoms with Crippen molar-refractivity contribution in [1.82, 2.24) is 0 Å². The van der Waals surface area contributed by atoms with Gasteiger partial charge in [0.15, 0.2) is 6.61 Å². The smallest absolute Gasteiger partial charge is 0.341 e. The Morgan fingerprint density at radius 2 is 1.88 bits per heavy atom. The first kappa shape index (κ1) is 18.1. The van der Waals surface area contributed by atoms with E-state index < -0.39 is 30.3 Å². The zero-order valence-electron chi connectivity index (χ0n) is 14.0. The molecule has 0 spiro atoms. The number of ether oxygens (including phenoxy) is 2. The number of amides is 1. The highest BCUT2D eigenvalue weighted by Gasteiger charge is 2.28. The van der Waals surface area contributed by atoms with Crippen LogP contribution in [-0.4, -0.2) is 31.6 Å². The highest BCUT2D eigenvalue weighted by Crippen LogP contribution is 2.39. The summed E-state index contributed by atoms with van der Waals surface area (Å²) in [7, 11) is 1.29. The minimum atomic E-state index is -0.734. The Hall–Kier alpha value is -2.74. The first-order valence-corrected chi connectivity index (χ1v) is 8.76. The lowest BCUT2D eigenvalue weighted by atomic mass is 10.1. The third-order valence-corrected chi connectivity index (χ3v) is 5.19. The molecule has 0 saturated carbocycles. The Labute approximate surface area is 152 Å². The van der Waals surface area contributed by atoms with Crippen LogP contribution in [-0.2, 0) is 27.1 Å². The molecule has 2 aromatic rings. The van der Waals surface area contributed by atoms with Crippen molar-refractivity contribution in [2.75, 3.05) is 19.0 Å². The van der Waals surface area contributed by atoms with Crippen molar-refractivity contribution in [3.05, 3.63) is 51.7 Å². The summed E-state index contributed by atoms with van der Waals surface area (Å²) in [4.78, 5) is 37.0. The van der Waals surface area contributed by atoms with Crippen molar-refractivity contribution in [2.45, 2.75) is 19.3 Å². The molecular formula is C18H16FNO5S. The number of hydrogen-bond donors (Lipinski definition) is 1. The van der Waals surface area contributed by atoms with Crippen molar-refractivity contribution < 1.29 is 28.2 Å². The molecule has 1 N–H and O–H groups in total. The van der Waals surface area contributed by atoms with Crippen LogP contribution in [0.3, 0.4) is 0 Å². The lowest BCUT2D eigenvalue weighted by Gasteiger charge is -2.08. The van der Waals surface area contributed by atoms with E-state index in [4.69, 9.17) is 9.47 Å². The van der Waals surface area contributed by atoms with E-state index in [9.17, 15) is 18.8 Å². The van der Waals surface area contributed by atoms with Gasteiger partial charge < -0.3 is 14.8 Å². The number of nitrogens with one attached hydrogen (secondary N) is 1. The third-order valence-electron chi connectivity index (χ3n) is 3.98. The Balaban J connectivity index is 1.64. The highest BCUT2D eigenvalue weighted by molar-refractivity contribution is 7.17. The maximum Gasteiger partial charge on any atom is 0.341 e. The van der Waals surface area contributed by atoms with Crippen LogP contribution in [0.5, 0.6) is 0 Å². The standard InChI is InChI=1S/C18H16FNO5S/c1-24-18(23)15-12-3-2-4-13(12)26-16(15)20-14(21)9-25-17(22)10-5-7-11(19)8-6-10/h5-8H,2-4,9H2,1H3,(H,20,21). The monoisotopic (exact) mass is 377 g/mol. The fourth-order valence-electron chi connectivity index (χ4n) is 2.77. The van der Waals surface area contributed by atoms with E-state index in [0.717, 1.165) is 41.8 Å². The van der Waals surface area contributed by atoms with E-state index >= 15 is 0 Å². The first-order valence-electron chi connectivity index (χ1n) is 7.95. The van der Waals surface area contributed by atoms with E-state index in [2.05, 4.69) is 5.32 Å². The molecule has 1 heterocycles. The van der Waals surface area contributed by atoms with Crippen molar-refractivity contribution in [1.29, 1.82) is 0 Å². The summed E-state index contributed by atoms with van der Waals surface area (Å²) in [6.07, 6.45) is 2.60. The minimum Gasteiger partial charge on any atom is -0.465 e. The summed E-state index contributed by atoms with van der Waals surface area (Å²) in [5, 5.41) is 3.02. The fourth-order valence-corrected chi connectivity index (χ4v) is 4.07. The molecule has 1 aromatic heterocycles. The number of hydrogen-bond acceptors (Lipinski definition) is 6. The van der Waals surface area contributed by atoms with Crippen LogP contribution in [0.2, 0.25) is 0 Å². The van der Waals surface area contributed by atoms with Crippen molar-refractivity contribution in [3.63, 3.8) is 0 Å². The van der Waals surface area contributed by atoms with Crippen molar-refractivity contribution >= 4 is 34.2 Å². The van der Waals surface area contributed by atoms with Gasteiger partial charge in [-0.3, -0.25) is 4.79 Å². The van der Waals surface area contributed by atoms with Crippen LogP contribution < -0.4 is 5.32 Å². The van der Waals surface area contributed by atoms with E-state index in [1.807, 2.05) is 0 Å². The molecule has 0 radical (unpaired) electrons. The van der Waals surface area contributed by atoms with Crippen LogP contribution in [0.4, 0.5) is 9.39 Å². The molecule has 0 unspecified atom stereocenters. The number of carbonyl (C=O) groups is 3. The number of methoxy groups -OCH3 is 1. The number of anilines is 1.